The van der Waals surface area contributed by atoms with Crippen LogP contribution in [0.2, 0.25) is 0 Å². The summed E-state index contributed by atoms with van der Waals surface area (Å²) in [6, 6.07) is 0. The van der Waals surface area contributed by atoms with E-state index in [0.717, 1.165) is 11.8 Å². The average Bonchev–Trinajstić information content (AvgIpc) is 2.50. The molecule has 8 heavy (non-hydrogen) atoms. The first-order chi connectivity index (χ1) is 3.79. The molecule has 2 nitrogen and oxygen atoms in total. The molecule has 0 aromatic carbocycles. The quantitative estimate of drug-likeness (QED) is 0.263. The molecule has 0 bridgehead atoms. The number of hydrogen-bond acceptors (Lipinski definition) is 3. The van der Waals surface area contributed by atoms with E-state index in [4.69, 9.17) is 4.89 Å². The number of hydrogen-bond donors (Lipinski definition) is 1. The van der Waals surface area contributed by atoms with Gasteiger partial charge in [-0.1, -0.05) is 0 Å². The molecule has 2 atom stereocenters. The molecule has 0 spiro atoms. The van der Waals surface area contributed by atoms with Gasteiger partial charge in [0.1, 0.15) is 5.60 Å². The maximum Gasteiger partial charge on any atom is 0.108 e. The Hall–Kier alpha value is 0.270. The van der Waals surface area contributed by atoms with Crippen LogP contribution in [0.5, 0.6) is 0 Å². The van der Waals surface area contributed by atoms with Crippen LogP contribution >= 0.6 is 12.9 Å². The summed E-state index contributed by atoms with van der Waals surface area (Å²) in [5.74, 6) is 1.57. The molecule has 0 aliphatic heterocycles. The minimum atomic E-state index is 0.0573. The maximum atomic E-state index is 4.87. The Kier molecular flexibility index (Phi) is 0.779. The molecule has 0 heterocycles. The van der Waals surface area contributed by atoms with E-state index in [1.165, 1.54) is 6.42 Å². The zero-order valence-corrected chi connectivity index (χ0v) is 5.52. The van der Waals surface area contributed by atoms with E-state index >= 15 is 0 Å². The molecule has 0 saturated heterocycles. The van der Waals surface area contributed by atoms with Gasteiger partial charge in [0.15, 0.2) is 0 Å². The van der Waals surface area contributed by atoms with Crippen LogP contribution in [0.1, 0.15) is 13.3 Å². The fourth-order valence-corrected chi connectivity index (χ4v) is 1.54. The molecule has 2 aliphatic carbocycles. The van der Waals surface area contributed by atoms with Crippen LogP contribution in [0.25, 0.3) is 0 Å². The number of rotatable bonds is 2. The van der Waals surface area contributed by atoms with E-state index in [9.17, 15) is 0 Å². The van der Waals surface area contributed by atoms with E-state index in [-0.39, 0.29) is 5.60 Å². The Morgan fingerprint density at radius 1 is 1.62 bits per heavy atom. The molecular formula is C5H8O2S. The van der Waals surface area contributed by atoms with Crippen LogP contribution in [0.15, 0.2) is 0 Å². The zero-order chi connectivity index (χ0) is 5.78. The monoisotopic (exact) mass is 132 g/mol. The first-order valence-corrected chi connectivity index (χ1v) is 3.15. The van der Waals surface area contributed by atoms with Crippen LogP contribution in [0.4, 0.5) is 0 Å². The highest BCUT2D eigenvalue weighted by Gasteiger charge is 2.76. The topological polar surface area (TPSA) is 18.5 Å². The summed E-state index contributed by atoms with van der Waals surface area (Å²) in [7, 11) is 0. The van der Waals surface area contributed by atoms with Crippen molar-refractivity contribution >= 4 is 12.9 Å². The van der Waals surface area contributed by atoms with Gasteiger partial charge in [-0.05, 0) is 25.2 Å². The molecule has 2 aliphatic rings. The van der Waals surface area contributed by atoms with Gasteiger partial charge in [-0.25, -0.2) is 4.89 Å². The molecule has 0 amide bonds. The Morgan fingerprint density at radius 3 is 2.38 bits per heavy atom. The van der Waals surface area contributed by atoms with Crippen LogP contribution in [0, 0.1) is 11.8 Å². The van der Waals surface area contributed by atoms with Crippen molar-refractivity contribution in [3.8, 4) is 0 Å². The molecule has 0 N–H and O–H groups in total. The van der Waals surface area contributed by atoms with E-state index < -0.39 is 0 Å². The van der Waals surface area contributed by atoms with Crippen molar-refractivity contribution in [3.63, 3.8) is 0 Å². The standard InChI is InChI=1S/C5H8O2S/c1-5(6-7-8)3-2-4(3)5/h3-4,8H,2H2,1H3. The van der Waals surface area contributed by atoms with Gasteiger partial charge in [0, 0.05) is 12.9 Å². The third-order valence-corrected chi connectivity index (χ3v) is 2.45. The van der Waals surface area contributed by atoms with E-state index in [1.54, 1.807) is 0 Å². The predicted molar refractivity (Wildman–Crippen MR) is 31.2 cm³/mol. The third kappa shape index (κ3) is 0.424. The third-order valence-electron chi connectivity index (χ3n) is 2.37. The molecule has 0 aromatic heterocycles. The van der Waals surface area contributed by atoms with Gasteiger partial charge in [-0.3, -0.25) is 0 Å². The molecule has 2 saturated carbocycles. The van der Waals surface area contributed by atoms with E-state index in [0.29, 0.717) is 0 Å². The fourth-order valence-electron chi connectivity index (χ4n) is 1.38. The van der Waals surface area contributed by atoms with Gasteiger partial charge < -0.3 is 0 Å². The van der Waals surface area contributed by atoms with Crippen molar-refractivity contribution in [3.05, 3.63) is 0 Å². The summed E-state index contributed by atoms with van der Waals surface area (Å²) in [5, 5.41) is 0. The second-order valence-corrected chi connectivity index (χ2v) is 2.94. The molecular weight excluding hydrogens is 124 g/mol. The first kappa shape index (κ1) is 5.09. The molecule has 0 aromatic rings. The largest absolute Gasteiger partial charge is 0.218 e. The molecule has 3 heteroatoms. The highest BCUT2D eigenvalue weighted by molar-refractivity contribution is 7.74. The first-order valence-electron chi connectivity index (χ1n) is 2.78. The van der Waals surface area contributed by atoms with Crippen molar-refractivity contribution in [2.75, 3.05) is 0 Å². The lowest BCUT2D eigenvalue weighted by molar-refractivity contribution is -0.253. The SMILES string of the molecule is CC1(OOS)C2CC21. The van der Waals surface area contributed by atoms with Crippen molar-refractivity contribution in [1.29, 1.82) is 0 Å². The van der Waals surface area contributed by atoms with E-state index in [1.807, 2.05) is 0 Å². The van der Waals surface area contributed by atoms with Crippen LogP contribution < -0.4 is 0 Å². The normalized spacial score (nSPS) is 57.8. The number of fused-ring (bicyclic) bond motifs is 1. The van der Waals surface area contributed by atoms with Crippen molar-refractivity contribution < 1.29 is 9.22 Å². The number of thiol groups is 1. The van der Waals surface area contributed by atoms with Gasteiger partial charge >= 0.3 is 0 Å². The Bertz CT molecular complexity index is 118. The van der Waals surface area contributed by atoms with Gasteiger partial charge in [-0.2, -0.15) is 4.33 Å². The van der Waals surface area contributed by atoms with Gasteiger partial charge in [0.2, 0.25) is 0 Å². The highest BCUT2D eigenvalue weighted by Crippen LogP contribution is 2.72. The zero-order valence-electron chi connectivity index (χ0n) is 4.63. The maximum absolute atomic E-state index is 4.87. The van der Waals surface area contributed by atoms with Crippen molar-refractivity contribution in [1.82, 2.24) is 0 Å². The van der Waals surface area contributed by atoms with E-state index in [2.05, 4.69) is 24.2 Å². The second kappa shape index (κ2) is 1.23. The van der Waals surface area contributed by atoms with Gasteiger partial charge in [0.05, 0.1) is 0 Å². The summed E-state index contributed by atoms with van der Waals surface area (Å²) in [4.78, 5) is 4.87. The lowest BCUT2D eigenvalue weighted by Crippen LogP contribution is -2.16. The van der Waals surface area contributed by atoms with Gasteiger partial charge in [-0.15, -0.1) is 0 Å². The smallest absolute Gasteiger partial charge is 0.108 e. The van der Waals surface area contributed by atoms with Crippen molar-refractivity contribution in [2.45, 2.75) is 18.9 Å². The molecule has 2 fully saturated rings. The van der Waals surface area contributed by atoms with Gasteiger partial charge in [0.25, 0.3) is 0 Å². The minimum absolute atomic E-state index is 0.0573. The second-order valence-electron chi connectivity index (χ2n) is 2.79. The highest BCUT2D eigenvalue weighted by atomic mass is 32.1. The van der Waals surface area contributed by atoms with Crippen molar-refractivity contribution in [2.24, 2.45) is 11.8 Å². The summed E-state index contributed by atoms with van der Waals surface area (Å²) < 4.78 is 4.26. The average molecular weight is 132 g/mol. The summed E-state index contributed by atoms with van der Waals surface area (Å²) >= 11 is 3.49. The van der Waals surface area contributed by atoms with Crippen LogP contribution in [-0.2, 0) is 9.22 Å². The molecule has 2 rings (SSSR count). The predicted octanol–water partition coefficient (Wildman–Crippen LogP) is 1.19. The fraction of sp³-hybridized carbons (Fsp3) is 1.00. The van der Waals surface area contributed by atoms with Crippen LogP contribution in [-0.4, -0.2) is 5.60 Å². The Balaban J connectivity index is 1.89. The van der Waals surface area contributed by atoms with Crippen LogP contribution in [0.3, 0.4) is 0 Å². The Labute approximate surface area is 53.7 Å². The molecule has 0 radical (unpaired) electrons. The molecule has 46 valence electrons. The summed E-state index contributed by atoms with van der Waals surface area (Å²) in [6.45, 7) is 2.06. The Morgan fingerprint density at radius 2 is 2.25 bits per heavy atom. The lowest BCUT2D eigenvalue weighted by atomic mass is 10.2. The molecule has 2 unspecified atom stereocenters. The summed E-state index contributed by atoms with van der Waals surface area (Å²) in [6.07, 6.45) is 1.33. The minimum Gasteiger partial charge on any atom is -0.218 e. The summed E-state index contributed by atoms with van der Waals surface area (Å²) in [5.41, 5.74) is 0.0573. The lowest BCUT2D eigenvalue weighted by Gasteiger charge is -2.12.